The first-order chi connectivity index (χ1) is 9.20. The summed E-state index contributed by atoms with van der Waals surface area (Å²) >= 11 is 5.80. The van der Waals surface area contributed by atoms with Gasteiger partial charge in [0, 0.05) is 24.0 Å². The minimum Gasteiger partial charge on any atom is -0.350 e. The molecule has 0 spiro atoms. The maximum Gasteiger partial charge on any atom is 0.239 e. The number of carbonyl (C=O) groups excluding carboxylic acids is 2. The van der Waals surface area contributed by atoms with Crippen molar-refractivity contribution >= 4 is 23.4 Å². The molecule has 1 N–H and O–H groups in total. The van der Waals surface area contributed by atoms with E-state index in [-0.39, 0.29) is 23.9 Å². The summed E-state index contributed by atoms with van der Waals surface area (Å²) in [7, 11) is 0. The molecule has 0 aliphatic carbocycles. The molecule has 20 heavy (non-hydrogen) atoms. The monoisotopic (exact) mass is 296 g/mol. The highest BCUT2D eigenvalue weighted by molar-refractivity contribution is 6.30. The Balaban J connectivity index is 2.54. The van der Waals surface area contributed by atoms with E-state index in [0.29, 0.717) is 11.6 Å². The number of halogens is 1. The number of hydrogen-bond donors (Lipinski definition) is 1. The zero-order valence-corrected chi connectivity index (χ0v) is 13.1. The molecular weight excluding hydrogens is 276 g/mol. The van der Waals surface area contributed by atoms with Crippen molar-refractivity contribution in [2.75, 3.05) is 6.54 Å². The normalized spacial score (nSPS) is 11.1. The molecule has 0 saturated carbocycles. The molecule has 0 aliphatic heterocycles. The maximum atomic E-state index is 11.9. The van der Waals surface area contributed by atoms with Crippen molar-refractivity contribution in [1.82, 2.24) is 10.2 Å². The summed E-state index contributed by atoms with van der Waals surface area (Å²) in [6, 6.07) is 7.27. The van der Waals surface area contributed by atoms with Gasteiger partial charge in [-0.3, -0.25) is 9.59 Å². The van der Waals surface area contributed by atoms with Crippen LogP contribution in [0.2, 0.25) is 5.02 Å². The number of rotatable bonds is 4. The van der Waals surface area contributed by atoms with Crippen LogP contribution >= 0.6 is 11.6 Å². The van der Waals surface area contributed by atoms with Gasteiger partial charge in [-0.15, -0.1) is 0 Å². The van der Waals surface area contributed by atoms with Gasteiger partial charge in [0.2, 0.25) is 11.8 Å². The Bertz CT molecular complexity index is 478. The molecule has 1 aromatic rings. The topological polar surface area (TPSA) is 49.4 Å². The van der Waals surface area contributed by atoms with Gasteiger partial charge in [-0.25, -0.2) is 0 Å². The molecule has 1 aromatic carbocycles. The van der Waals surface area contributed by atoms with Crippen molar-refractivity contribution in [2.45, 2.75) is 39.8 Å². The average molecular weight is 297 g/mol. The number of nitrogens with zero attached hydrogens (tertiary/aromatic N) is 1. The molecule has 0 saturated heterocycles. The molecule has 110 valence electrons. The van der Waals surface area contributed by atoms with E-state index >= 15 is 0 Å². The summed E-state index contributed by atoms with van der Waals surface area (Å²) < 4.78 is 0. The lowest BCUT2D eigenvalue weighted by Crippen LogP contribution is -2.49. The van der Waals surface area contributed by atoms with Gasteiger partial charge < -0.3 is 10.2 Å². The molecule has 0 atom stereocenters. The first kappa shape index (κ1) is 16.5. The fourth-order valence-corrected chi connectivity index (χ4v) is 1.95. The third-order valence-corrected chi connectivity index (χ3v) is 3.15. The quantitative estimate of drug-likeness (QED) is 0.928. The largest absolute Gasteiger partial charge is 0.350 e. The number of amides is 2. The van der Waals surface area contributed by atoms with Gasteiger partial charge in [-0.1, -0.05) is 23.7 Å². The van der Waals surface area contributed by atoms with Crippen molar-refractivity contribution in [3.05, 3.63) is 34.9 Å². The van der Waals surface area contributed by atoms with Gasteiger partial charge in [0.15, 0.2) is 0 Å². The van der Waals surface area contributed by atoms with Crippen LogP contribution in [0.3, 0.4) is 0 Å². The predicted octanol–water partition coefficient (Wildman–Crippen LogP) is 2.60. The zero-order chi connectivity index (χ0) is 15.3. The number of hydrogen-bond acceptors (Lipinski definition) is 2. The number of nitrogens with one attached hydrogen (secondary N) is 1. The van der Waals surface area contributed by atoms with Crippen molar-refractivity contribution in [3.8, 4) is 0 Å². The van der Waals surface area contributed by atoms with Crippen LogP contribution in [-0.4, -0.2) is 28.8 Å². The second-order valence-electron chi connectivity index (χ2n) is 5.68. The molecule has 0 aromatic heterocycles. The van der Waals surface area contributed by atoms with E-state index in [1.54, 1.807) is 17.0 Å². The van der Waals surface area contributed by atoms with E-state index in [1.807, 2.05) is 32.9 Å². The minimum atomic E-state index is -0.372. The van der Waals surface area contributed by atoms with Gasteiger partial charge in [0.1, 0.15) is 6.54 Å². The fraction of sp³-hybridized carbons (Fsp3) is 0.467. The number of carbonyl (C=O) groups is 2. The van der Waals surface area contributed by atoms with Crippen molar-refractivity contribution in [3.63, 3.8) is 0 Å². The second kappa shape index (κ2) is 6.75. The molecule has 2 amide bonds. The van der Waals surface area contributed by atoms with Crippen LogP contribution in [0.5, 0.6) is 0 Å². The van der Waals surface area contributed by atoms with E-state index in [4.69, 9.17) is 11.6 Å². The van der Waals surface area contributed by atoms with Crippen LogP contribution < -0.4 is 5.32 Å². The fourth-order valence-electron chi connectivity index (χ4n) is 1.82. The van der Waals surface area contributed by atoms with Crippen molar-refractivity contribution in [2.24, 2.45) is 0 Å². The summed E-state index contributed by atoms with van der Waals surface area (Å²) in [6.45, 7) is 7.67. The molecule has 0 heterocycles. The lowest BCUT2D eigenvalue weighted by molar-refractivity contribution is -0.139. The van der Waals surface area contributed by atoms with E-state index in [0.717, 1.165) is 5.56 Å². The number of benzene rings is 1. The van der Waals surface area contributed by atoms with Gasteiger partial charge in [-0.05, 0) is 38.5 Å². The van der Waals surface area contributed by atoms with Gasteiger partial charge in [-0.2, -0.15) is 0 Å². The molecule has 0 aliphatic rings. The highest BCUT2D eigenvalue weighted by Crippen LogP contribution is 2.13. The summed E-state index contributed by atoms with van der Waals surface area (Å²) in [4.78, 5) is 25.0. The summed E-state index contributed by atoms with van der Waals surface area (Å²) in [5.41, 5.74) is 0.594. The SMILES string of the molecule is CC(=O)N(CC(=O)NCc1ccc(Cl)cc1)C(C)(C)C. The minimum absolute atomic E-state index is 0.0619. The Hall–Kier alpha value is -1.55. The van der Waals surface area contributed by atoms with E-state index < -0.39 is 0 Å². The summed E-state index contributed by atoms with van der Waals surface area (Å²) in [5.74, 6) is -0.288. The van der Waals surface area contributed by atoms with Gasteiger partial charge in [0.25, 0.3) is 0 Å². The average Bonchev–Trinajstić information content (AvgIpc) is 2.33. The lowest BCUT2D eigenvalue weighted by Gasteiger charge is -2.34. The Labute approximate surface area is 125 Å². The third kappa shape index (κ3) is 5.21. The van der Waals surface area contributed by atoms with Crippen LogP contribution in [-0.2, 0) is 16.1 Å². The van der Waals surface area contributed by atoms with Crippen molar-refractivity contribution < 1.29 is 9.59 Å². The zero-order valence-electron chi connectivity index (χ0n) is 12.4. The molecule has 1 rings (SSSR count). The first-order valence-electron chi connectivity index (χ1n) is 6.49. The maximum absolute atomic E-state index is 11.9. The Morgan fingerprint density at radius 1 is 1.20 bits per heavy atom. The molecule has 0 unspecified atom stereocenters. The molecule has 0 radical (unpaired) electrons. The lowest BCUT2D eigenvalue weighted by atomic mass is 10.1. The van der Waals surface area contributed by atoms with E-state index in [2.05, 4.69) is 5.32 Å². The molecule has 0 fully saturated rings. The summed E-state index contributed by atoms with van der Waals surface area (Å²) in [5, 5.41) is 3.46. The molecular formula is C15H21ClN2O2. The second-order valence-corrected chi connectivity index (χ2v) is 6.12. The Morgan fingerprint density at radius 3 is 2.20 bits per heavy atom. The molecule has 0 bridgehead atoms. The first-order valence-corrected chi connectivity index (χ1v) is 6.87. The van der Waals surface area contributed by atoms with Crippen LogP contribution in [0.4, 0.5) is 0 Å². The Morgan fingerprint density at radius 2 is 1.75 bits per heavy atom. The van der Waals surface area contributed by atoms with Crippen molar-refractivity contribution in [1.29, 1.82) is 0 Å². The smallest absolute Gasteiger partial charge is 0.239 e. The van der Waals surface area contributed by atoms with Crippen LogP contribution in [0.15, 0.2) is 24.3 Å². The van der Waals surface area contributed by atoms with Crippen LogP contribution in [0, 0.1) is 0 Å². The standard InChI is InChI=1S/C15H21ClN2O2/c1-11(19)18(15(2,3)4)10-14(20)17-9-12-5-7-13(16)8-6-12/h5-8H,9-10H2,1-4H3,(H,17,20). The Kier molecular flexibility index (Phi) is 5.57. The van der Waals surface area contributed by atoms with Gasteiger partial charge in [0.05, 0.1) is 0 Å². The highest BCUT2D eigenvalue weighted by atomic mass is 35.5. The highest BCUT2D eigenvalue weighted by Gasteiger charge is 2.25. The van der Waals surface area contributed by atoms with Crippen LogP contribution in [0.1, 0.15) is 33.3 Å². The van der Waals surface area contributed by atoms with E-state index in [9.17, 15) is 9.59 Å². The molecule has 5 heteroatoms. The summed E-state index contributed by atoms with van der Waals surface area (Å²) in [6.07, 6.45) is 0. The van der Waals surface area contributed by atoms with Gasteiger partial charge >= 0.3 is 0 Å². The van der Waals surface area contributed by atoms with E-state index in [1.165, 1.54) is 6.92 Å². The third-order valence-electron chi connectivity index (χ3n) is 2.89. The predicted molar refractivity (Wildman–Crippen MR) is 80.4 cm³/mol. The molecule has 4 nitrogen and oxygen atoms in total. The van der Waals surface area contributed by atoms with Crippen LogP contribution in [0.25, 0.3) is 0 Å².